The zero-order valence-electron chi connectivity index (χ0n) is 16.4. The lowest BCUT2D eigenvalue weighted by atomic mass is 9.95. The predicted octanol–water partition coefficient (Wildman–Crippen LogP) is 3.33. The van der Waals surface area contributed by atoms with Gasteiger partial charge < -0.3 is 15.3 Å². The van der Waals surface area contributed by atoms with Gasteiger partial charge in [-0.15, -0.1) is 22.7 Å². The Kier molecular flexibility index (Phi) is 5.67. The van der Waals surface area contributed by atoms with Gasteiger partial charge in [-0.25, -0.2) is 4.98 Å². The number of thiophene rings is 1. The van der Waals surface area contributed by atoms with Gasteiger partial charge in [0.1, 0.15) is 4.88 Å². The van der Waals surface area contributed by atoms with Crippen molar-refractivity contribution in [3.63, 3.8) is 0 Å². The van der Waals surface area contributed by atoms with Crippen molar-refractivity contribution in [1.29, 1.82) is 0 Å². The van der Waals surface area contributed by atoms with E-state index in [2.05, 4.69) is 10.3 Å². The van der Waals surface area contributed by atoms with Crippen LogP contribution in [0.5, 0.6) is 0 Å². The summed E-state index contributed by atoms with van der Waals surface area (Å²) >= 11 is 2.92. The van der Waals surface area contributed by atoms with Crippen molar-refractivity contribution in [2.75, 3.05) is 26.2 Å². The minimum absolute atomic E-state index is 0.0291. The van der Waals surface area contributed by atoms with Gasteiger partial charge >= 0.3 is 0 Å². The Labute approximate surface area is 177 Å². The fourth-order valence-corrected chi connectivity index (χ4v) is 6.04. The number of aliphatic hydroxyl groups is 1. The van der Waals surface area contributed by atoms with E-state index >= 15 is 0 Å². The van der Waals surface area contributed by atoms with Crippen LogP contribution in [0.4, 0.5) is 0 Å². The summed E-state index contributed by atoms with van der Waals surface area (Å²) < 4.78 is 1.07. The van der Waals surface area contributed by atoms with Crippen LogP contribution in [0.3, 0.4) is 0 Å². The van der Waals surface area contributed by atoms with E-state index in [1.165, 1.54) is 22.7 Å². The number of hydrogen-bond acceptors (Lipinski definition) is 6. The average molecular weight is 430 g/mol. The molecule has 2 aromatic heterocycles. The maximum Gasteiger partial charge on any atom is 0.265 e. The molecule has 1 atom stereocenters. The lowest BCUT2D eigenvalue weighted by molar-refractivity contribution is 0.0794. The Bertz CT molecular complexity index is 1070. The van der Waals surface area contributed by atoms with Crippen molar-refractivity contribution >= 4 is 44.6 Å². The maximum absolute atomic E-state index is 13.0. The van der Waals surface area contributed by atoms with Crippen molar-refractivity contribution < 1.29 is 14.7 Å². The number of rotatable bonds is 5. The fourth-order valence-electron chi connectivity index (χ4n) is 3.94. The number of nitrogens with zero attached hydrogens (tertiary/aromatic N) is 2. The molecule has 1 aromatic carbocycles. The summed E-state index contributed by atoms with van der Waals surface area (Å²) in [6.45, 7) is 5.19. The highest BCUT2D eigenvalue weighted by Gasteiger charge is 2.33. The summed E-state index contributed by atoms with van der Waals surface area (Å²) in [5.74, 6) is -0.0188. The van der Waals surface area contributed by atoms with Crippen molar-refractivity contribution in [3.05, 3.63) is 50.3 Å². The largest absolute Gasteiger partial charge is 0.395 e. The Morgan fingerprint density at radius 2 is 2.03 bits per heavy atom. The molecule has 3 heterocycles. The van der Waals surface area contributed by atoms with Gasteiger partial charge in [0.15, 0.2) is 0 Å². The quantitative estimate of drug-likeness (QED) is 0.652. The zero-order valence-corrected chi connectivity index (χ0v) is 18.0. The third-order valence-corrected chi connectivity index (χ3v) is 7.47. The maximum atomic E-state index is 13.0. The molecule has 1 fully saturated rings. The van der Waals surface area contributed by atoms with Crippen LogP contribution in [0.15, 0.2) is 24.3 Å². The van der Waals surface area contributed by atoms with Gasteiger partial charge in [0.2, 0.25) is 0 Å². The fraction of sp³-hybridized carbons (Fsp3) is 0.381. The molecular weight excluding hydrogens is 406 g/mol. The number of likely N-dealkylation sites (tertiary alicyclic amines) is 1. The highest BCUT2D eigenvalue weighted by Crippen LogP contribution is 2.40. The number of aromatic nitrogens is 1. The summed E-state index contributed by atoms with van der Waals surface area (Å²) in [6.07, 6.45) is 0.823. The number of aryl methyl sites for hydroxylation is 2. The SMILES string of the molecule is Cc1nc(C)c(C(=O)N2CCC(c3c(C(=O)NCCO)sc4ccccc34)C2)s1. The molecular formula is C21H23N3O3S2. The second-order valence-electron chi connectivity index (χ2n) is 7.20. The molecule has 0 radical (unpaired) electrons. The Morgan fingerprint density at radius 1 is 1.24 bits per heavy atom. The molecule has 0 bridgehead atoms. The first kappa shape index (κ1) is 20.0. The molecule has 4 rings (SSSR count). The first-order chi connectivity index (χ1) is 14.0. The van der Waals surface area contributed by atoms with Crippen molar-refractivity contribution in [1.82, 2.24) is 15.2 Å². The van der Waals surface area contributed by atoms with Gasteiger partial charge in [0, 0.05) is 30.3 Å². The van der Waals surface area contributed by atoms with E-state index in [0.29, 0.717) is 22.8 Å². The normalized spacial score (nSPS) is 16.5. The summed E-state index contributed by atoms with van der Waals surface area (Å²) in [6, 6.07) is 8.02. The van der Waals surface area contributed by atoms with Crippen molar-refractivity contribution in [3.8, 4) is 0 Å². The van der Waals surface area contributed by atoms with Crippen LogP contribution in [0.25, 0.3) is 10.1 Å². The Balaban J connectivity index is 1.64. The molecule has 0 spiro atoms. The lowest BCUT2D eigenvalue weighted by Crippen LogP contribution is -2.29. The van der Waals surface area contributed by atoms with E-state index in [-0.39, 0.29) is 30.9 Å². The van der Waals surface area contributed by atoms with Crippen LogP contribution in [-0.2, 0) is 0 Å². The predicted molar refractivity (Wildman–Crippen MR) is 116 cm³/mol. The number of nitrogens with one attached hydrogen (secondary N) is 1. The topological polar surface area (TPSA) is 82.5 Å². The van der Waals surface area contributed by atoms with Crippen molar-refractivity contribution in [2.45, 2.75) is 26.2 Å². The molecule has 8 heteroatoms. The number of amides is 2. The summed E-state index contributed by atoms with van der Waals surface area (Å²) in [5.41, 5.74) is 1.81. The third kappa shape index (κ3) is 3.80. The van der Waals surface area contributed by atoms with E-state index in [9.17, 15) is 9.59 Å². The molecule has 1 aliphatic rings. The van der Waals surface area contributed by atoms with E-state index in [0.717, 1.165) is 32.8 Å². The van der Waals surface area contributed by atoms with E-state index < -0.39 is 0 Å². The molecule has 152 valence electrons. The summed E-state index contributed by atoms with van der Waals surface area (Å²) in [7, 11) is 0. The van der Waals surface area contributed by atoms with Gasteiger partial charge in [0.05, 0.1) is 22.2 Å². The van der Waals surface area contributed by atoms with E-state index in [1.807, 2.05) is 43.0 Å². The van der Waals surface area contributed by atoms with Gasteiger partial charge in [-0.3, -0.25) is 9.59 Å². The number of benzene rings is 1. The molecule has 29 heavy (non-hydrogen) atoms. The lowest BCUT2D eigenvalue weighted by Gasteiger charge is -2.17. The van der Waals surface area contributed by atoms with Crippen LogP contribution in [0, 0.1) is 13.8 Å². The van der Waals surface area contributed by atoms with Crippen LogP contribution >= 0.6 is 22.7 Å². The van der Waals surface area contributed by atoms with Gasteiger partial charge in [-0.2, -0.15) is 0 Å². The van der Waals surface area contributed by atoms with Crippen LogP contribution in [0.2, 0.25) is 0 Å². The average Bonchev–Trinajstić information content (AvgIpc) is 3.41. The van der Waals surface area contributed by atoms with Crippen LogP contribution < -0.4 is 5.32 Å². The highest BCUT2D eigenvalue weighted by atomic mass is 32.1. The number of hydrogen-bond donors (Lipinski definition) is 2. The minimum Gasteiger partial charge on any atom is -0.395 e. The van der Waals surface area contributed by atoms with E-state index in [4.69, 9.17) is 5.11 Å². The van der Waals surface area contributed by atoms with Crippen molar-refractivity contribution in [2.24, 2.45) is 0 Å². The highest BCUT2D eigenvalue weighted by molar-refractivity contribution is 7.21. The van der Waals surface area contributed by atoms with E-state index in [1.54, 1.807) is 0 Å². The first-order valence-corrected chi connectivity index (χ1v) is 11.3. The minimum atomic E-state index is -0.158. The molecule has 1 saturated heterocycles. The standard InChI is InChI=1S/C21H23N3O3S2/c1-12-18(28-13(2)23-12)21(27)24-9-7-14(11-24)17-15-5-3-4-6-16(15)29-19(17)20(26)22-8-10-25/h3-6,14,25H,7-11H2,1-2H3,(H,22,26). The smallest absolute Gasteiger partial charge is 0.265 e. The van der Waals surface area contributed by atoms with Gasteiger partial charge in [-0.1, -0.05) is 18.2 Å². The number of carbonyl (C=O) groups excluding carboxylic acids is 2. The first-order valence-electron chi connectivity index (χ1n) is 9.63. The molecule has 1 unspecified atom stereocenters. The molecule has 1 aliphatic heterocycles. The van der Waals surface area contributed by atoms with Crippen LogP contribution in [0.1, 0.15) is 47.9 Å². The number of thiazole rings is 1. The second-order valence-corrected chi connectivity index (χ2v) is 9.46. The Hall–Kier alpha value is -2.29. The second kappa shape index (κ2) is 8.22. The molecule has 0 aliphatic carbocycles. The number of fused-ring (bicyclic) bond motifs is 1. The Morgan fingerprint density at radius 3 is 2.76 bits per heavy atom. The van der Waals surface area contributed by atoms with Crippen LogP contribution in [-0.4, -0.2) is 53.0 Å². The number of carbonyl (C=O) groups is 2. The molecule has 3 aromatic rings. The van der Waals surface area contributed by atoms with Gasteiger partial charge in [0.25, 0.3) is 11.8 Å². The van der Waals surface area contributed by atoms with Gasteiger partial charge in [-0.05, 0) is 37.3 Å². The third-order valence-electron chi connectivity index (χ3n) is 5.22. The molecule has 2 N–H and O–H groups in total. The zero-order chi connectivity index (χ0) is 20.5. The molecule has 6 nitrogen and oxygen atoms in total. The molecule has 0 saturated carbocycles. The summed E-state index contributed by atoms with van der Waals surface area (Å²) in [4.78, 5) is 33.4. The number of aliphatic hydroxyl groups excluding tert-OH is 1. The molecule has 2 amide bonds. The summed E-state index contributed by atoms with van der Waals surface area (Å²) in [5, 5.41) is 13.8. The monoisotopic (exact) mass is 429 g/mol.